The summed E-state index contributed by atoms with van der Waals surface area (Å²) in [6.07, 6.45) is 2.48. The standard InChI is InChI=1S/C11H22N2O2S.ClH/c1-15-5-4-12-9-11(14)13-8-10-2-6-16-7-3-10;/h10,12H,2-9H2,1H3,(H,13,14);1H. The van der Waals surface area contributed by atoms with Crippen molar-refractivity contribution in [1.82, 2.24) is 10.6 Å². The predicted molar refractivity (Wildman–Crippen MR) is 75.1 cm³/mol. The minimum absolute atomic E-state index is 0. The smallest absolute Gasteiger partial charge is 0.233 e. The molecule has 17 heavy (non-hydrogen) atoms. The second kappa shape index (κ2) is 11.1. The number of thioether (sulfide) groups is 1. The van der Waals surface area contributed by atoms with Gasteiger partial charge in [0.05, 0.1) is 13.2 Å². The van der Waals surface area contributed by atoms with Crippen molar-refractivity contribution in [2.24, 2.45) is 5.92 Å². The van der Waals surface area contributed by atoms with E-state index in [4.69, 9.17) is 4.74 Å². The van der Waals surface area contributed by atoms with E-state index in [1.54, 1.807) is 7.11 Å². The zero-order valence-corrected chi connectivity index (χ0v) is 12.0. The van der Waals surface area contributed by atoms with Crippen molar-refractivity contribution in [3.63, 3.8) is 0 Å². The van der Waals surface area contributed by atoms with Crippen LogP contribution in [-0.2, 0) is 9.53 Å². The van der Waals surface area contributed by atoms with Crippen LogP contribution in [0.15, 0.2) is 0 Å². The highest BCUT2D eigenvalue weighted by molar-refractivity contribution is 7.99. The highest BCUT2D eigenvalue weighted by atomic mass is 35.5. The molecule has 1 heterocycles. The fraction of sp³-hybridized carbons (Fsp3) is 0.909. The van der Waals surface area contributed by atoms with Crippen LogP contribution in [0, 0.1) is 5.92 Å². The summed E-state index contributed by atoms with van der Waals surface area (Å²) < 4.78 is 4.88. The summed E-state index contributed by atoms with van der Waals surface area (Å²) in [6.45, 7) is 2.60. The molecule has 0 unspecified atom stereocenters. The van der Waals surface area contributed by atoms with Crippen LogP contribution in [0.1, 0.15) is 12.8 Å². The Morgan fingerprint density at radius 1 is 1.41 bits per heavy atom. The maximum Gasteiger partial charge on any atom is 0.233 e. The van der Waals surface area contributed by atoms with E-state index in [9.17, 15) is 4.79 Å². The van der Waals surface area contributed by atoms with Crippen LogP contribution in [-0.4, -0.2) is 50.8 Å². The molecular formula is C11H23ClN2O2S. The summed E-state index contributed by atoms with van der Waals surface area (Å²) in [5.74, 6) is 3.26. The Morgan fingerprint density at radius 3 is 2.76 bits per heavy atom. The molecule has 2 N–H and O–H groups in total. The van der Waals surface area contributed by atoms with Crippen molar-refractivity contribution in [2.45, 2.75) is 12.8 Å². The lowest BCUT2D eigenvalue weighted by atomic mass is 10.0. The minimum atomic E-state index is 0. The fourth-order valence-electron chi connectivity index (χ4n) is 1.65. The number of methoxy groups -OCH3 is 1. The van der Waals surface area contributed by atoms with Gasteiger partial charge in [0.1, 0.15) is 0 Å². The second-order valence-electron chi connectivity index (χ2n) is 4.03. The molecule has 0 aromatic heterocycles. The first kappa shape index (κ1) is 17.0. The van der Waals surface area contributed by atoms with Crippen molar-refractivity contribution >= 4 is 30.1 Å². The minimum Gasteiger partial charge on any atom is -0.383 e. The molecule has 0 bridgehead atoms. The van der Waals surface area contributed by atoms with Gasteiger partial charge in [-0.05, 0) is 30.3 Å². The van der Waals surface area contributed by atoms with Crippen molar-refractivity contribution < 1.29 is 9.53 Å². The summed E-state index contributed by atoms with van der Waals surface area (Å²) in [5.41, 5.74) is 0. The normalized spacial score (nSPS) is 16.3. The number of carbonyl (C=O) groups excluding carboxylic acids is 1. The third-order valence-electron chi connectivity index (χ3n) is 2.70. The van der Waals surface area contributed by atoms with Gasteiger partial charge in [-0.1, -0.05) is 0 Å². The van der Waals surface area contributed by atoms with Crippen LogP contribution in [0.4, 0.5) is 0 Å². The van der Waals surface area contributed by atoms with Gasteiger partial charge in [0.25, 0.3) is 0 Å². The summed E-state index contributed by atoms with van der Waals surface area (Å²) in [4.78, 5) is 11.4. The molecule has 0 atom stereocenters. The third kappa shape index (κ3) is 8.71. The largest absolute Gasteiger partial charge is 0.383 e. The van der Waals surface area contributed by atoms with Gasteiger partial charge >= 0.3 is 0 Å². The Kier molecular flexibility index (Phi) is 11.2. The van der Waals surface area contributed by atoms with E-state index in [0.29, 0.717) is 19.1 Å². The quantitative estimate of drug-likeness (QED) is 0.682. The molecule has 1 aliphatic heterocycles. The molecule has 1 rings (SSSR count). The second-order valence-corrected chi connectivity index (χ2v) is 5.25. The highest BCUT2D eigenvalue weighted by Crippen LogP contribution is 2.21. The van der Waals surface area contributed by atoms with Crippen molar-refractivity contribution in [1.29, 1.82) is 0 Å². The lowest BCUT2D eigenvalue weighted by Gasteiger charge is -2.21. The van der Waals surface area contributed by atoms with E-state index in [1.165, 1.54) is 24.3 Å². The number of hydrogen-bond acceptors (Lipinski definition) is 4. The molecule has 1 aliphatic rings. The highest BCUT2D eigenvalue weighted by Gasteiger charge is 2.14. The van der Waals surface area contributed by atoms with E-state index in [-0.39, 0.29) is 18.3 Å². The number of amides is 1. The SMILES string of the molecule is COCCNCC(=O)NCC1CCSCC1.Cl. The van der Waals surface area contributed by atoms with Crippen molar-refractivity contribution in [2.75, 3.05) is 44.9 Å². The molecule has 102 valence electrons. The van der Waals surface area contributed by atoms with Gasteiger partial charge in [0.15, 0.2) is 0 Å². The monoisotopic (exact) mass is 282 g/mol. The molecule has 0 aliphatic carbocycles. The van der Waals surface area contributed by atoms with E-state index >= 15 is 0 Å². The lowest BCUT2D eigenvalue weighted by molar-refractivity contribution is -0.120. The Bertz CT molecular complexity index is 202. The molecular weight excluding hydrogens is 260 g/mol. The summed E-state index contributed by atoms with van der Waals surface area (Å²) in [7, 11) is 1.66. The molecule has 0 spiro atoms. The number of nitrogens with one attached hydrogen (secondary N) is 2. The fourth-order valence-corrected chi connectivity index (χ4v) is 2.85. The molecule has 0 aromatic rings. The zero-order valence-electron chi connectivity index (χ0n) is 10.4. The first-order chi connectivity index (χ1) is 7.83. The van der Waals surface area contributed by atoms with Gasteiger partial charge in [0.2, 0.25) is 5.91 Å². The van der Waals surface area contributed by atoms with Gasteiger partial charge in [0, 0.05) is 20.2 Å². The molecule has 4 nitrogen and oxygen atoms in total. The number of carbonyl (C=O) groups is 1. The first-order valence-corrected chi connectivity index (χ1v) is 7.02. The summed E-state index contributed by atoms with van der Waals surface area (Å²) >= 11 is 2.01. The zero-order chi connectivity index (χ0) is 11.6. The summed E-state index contributed by atoms with van der Waals surface area (Å²) in [6, 6.07) is 0. The van der Waals surface area contributed by atoms with Crippen LogP contribution < -0.4 is 10.6 Å². The Morgan fingerprint density at radius 2 is 2.12 bits per heavy atom. The van der Waals surface area contributed by atoms with E-state index < -0.39 is 0 Å². The molecule has 6 heteroatoms. The van der Waals surface area contributed by atoms with E-state index in [0.717, 1.165) is 13.1 Å². The molecule has 0 radical (unpaired) electrons. The van der Waals surface area contributed by atoms with Gasteiger partial charge in [-0.2, -0.15) is 11.8 Å². The van der Waals surface area contributed by atoms with E-state index in [1.807, 2.05) is 11.8 Å². The van der Waals surface area contributed by atoms with Gasteiger partial charge in [-0.15, -0.1) is 12.4 Å². The molecule has 1 saturated heterocycles. The topological polar surface area (TPSA) is 50.4 Å². The number of ether oxygens (including phenoxy) is 1. The predicted octanol–water partition coefficient (Wildman–Crippen LogP) is 0.904. The Hall–Kier alpha value is 0.0300. The van der Waals surface area contributed by atoms with Gasteiger partial charge in [-0.25, -0.2) is 0 Å². The average Bonchev–Trinajstić information content (AvgIpc) is 2.33. The first-order valence-electron chi connectivity index (χ1n) is 5.87. The maximum atomic E-state index is 11.4. The maximum absolute atomic E-state index is 11.4. The number of rotatable bonds is 7. The Balaban J connectivity index is 0.00000256. The molecule has 0 aromatic carbocycles. The number of hydrogen-bond donors (Lipinski definition) is 2. The van der Waals surface area contributed by atoms with Gasteiger partial charge < -0.3 is 15.4 Å². The molecule has 1 amide bonds. The van der Waals surface area contributed by atoms with Crippen molar-refractivity contribution in [3.05, 3.63) is 0 Å². The van der Waals surface area contributed by atoms with Crippen molar-refractivity contribution in [3.8, 4) is 0 Å². The van der Waals surface area contributed by atoms with Crippen LogP contribution in [0.3, 0.4) is 0 Å². The van der Waals surface area contributed by atoms with Crippen LogP contribution in [0.5, 0.6) is 0 Å². The van der Waals surface area contributed by atoms with Crippen LogP contribution in [0.2, 0.25) is 0 Å². The summed E-state index contributed by atoms with van der Waals surface area (Å²) in [5, 5.41) is 6.01. The Labute approximate surface area is 114 Å². The third-order valence-corrected chi connectivity index (χ3v) is 3.75. The number of halogens is 1. The van der Waals surface area contributed by atoms with Crippen LogP contribution >= 0.6 is 24.2 Å². The molecule has 0 saturated carbocycles. The lowest BCUT2D eigenvalue weighted by Crippen LogP contribution is -2.38. The average molecular weight is 283 g/mol. The molecule has 1 fully saturated rings. The van der Waals surface area contributed by atoms with Gasteiger partial charge in [-0.3, -0.25) is 4.79 Å². The van der Waals surface area contributed by atoms with E-state index in [2.05, 4.69) is 10.6 Å². The van der Waals surface area contributed by atoms with Crippen LogP contribution in [0.25, 0.3) is 0 Å².